The number of ketones is 1. The number of sulfone groups is 1. The summed E-state index contributed by atoms with van der Waals surface area (Å²) < 4.78 is 30.6. The van der Waals surface area contributed by atoms with Crippen LogP contribution in [0.5, 0.6) is 5.75 Å². The zero-order chi connectivity index (χ0) is 15.5. The van der Waals surface area contributed by atoms with E-state index in [2.05, 4.69) is 15.9 Å². The van der Waals surface area contributed by atoms with E-state index >= 15 is 0 Å². The number of benzene rings is 2. The van der Waals surface area contributed by atoms with Crippen LogP contribution in [-0.4, -0.2) is 27.1 Å². The summed E-state index contributed by atoms with van der Waals surface area (Å²) in [5, 5.41) is 0. The average Bonchev–Trinajstić information content (AvgIpc) is 2.47. The molecular weight excluding hydrogens is 356 g/mol. The van der Waals surface area contributed by atoms with Crippen molar-refractivity contribution < 1.29 is 17.9 Å². The highest BCUT2D eigenvalue weighted by atomic mass is 79.9. The molecule has 4 nitrogen and oxygen atoms in total. The fourth-order valence-electron chi connectivity index (χ4n) is 1.85. The van der Waals surface area contributed by atoms with Gasteiger partial charge in [0.25, 0.3) is 0 Å². The molecule has 0 amide bonds. The van der Waals surface area contributed by atoms with E-state index in [-0.39, 0.29) is 10.6 Å². The second-order valence-electron chi connectivity index (χ2n) is 4.34. The quantitative estimate of drug-likeness (QED) is 0.760. The largest absolute Gasteiger partial charge is 0.495 e. The first kappa shape index (κ1) is 15.7. The average molecular weight is 369 g/mol. The number of carbonyl (C=O) groups excluding carboxylic acids is 1. The highest BCUT2D eigenvalue weighted by Gasteiger charge is 2.23. The molecule has 0 spiro atoms. The molecule has 110 valence electrons. The molecular formula is C15H13BrO4S. The number of halogens is 1. The summed E-state index contributed by atoms with van der Waals surface area (Å²) in [6.07, 6.45) is 0. The molecule has 0 unspecified atom stereocenters. The van der Waals surface area contributed by atoms with E-state index in [0.717, 1.165) is 4.47 Å². The Morgan fingerprint density at radius 1 is 1.10 bits per heavy atom. The summed E-state index contributed by atoms with van der Waals surface area (Å²) in [6, 6.07) is 12.8. The maximum atomic E-state index is 12.4. The molecule has 0 N–H and O–H groups in total. The van der Waals surface area contributed by atoms with Crippen molar-refractivity contribution in [2.24, 2.45) is 0 Å². The zero-order valence-corrected chi connectivity index (χ0v) is 13.6. The molecule has 0 aliphatic carbocycles. The Hall–Kier alpha value is -1.66. The number of carbonyl (C=O) groups is 1. The summed E-state index contributed by atoms with van der Waals surface area (Å²) in [4.78, 5) is 12.1. The van der Waals surface area contributed by atoms with E-state index in [1.807, 2.05) is 0 Å². The predicted octanol–water partition coefficient (Wildman–Crippen LogP) is 3.11. The van der Waals surface area contributed by atoms with E-state index in [4.69, 9.17) is 4.74 Å². The van der Waals surface area contributed by atoms with Crippen LogP contribution in [0.3, 0.4) is 0 Å². The van der Waals surface area contributed by atoms with Gasteiger partial charge in [0.05, 0.1) is 7.11 Å². The first-order valence-electron chi connectivity index (χ1n) is 6.08. The molecule has 0 aromatic heterocycles. The number of ether oxygens (including phenoxy) is 1. The first-order chi connectivity index (χ1) is 9.94. The topological polar surface area (TPSA) is 60.4 Å². The minimum atomic E-state index is -3.75. The van der Waals surface area contributed by atoms with Gasteiger partial charge in [-0.2, -0.15) is 0 Å². The Balaban J connectivity index is 2.29. The van der Waals surface area contributed by atoms with Crippen LogP contribution in [0, 0.1) is 0 Å². The normalized spacial score (nSPS) is 11.1. The lowest BCUT2D eigenvalue weighted by molar-refractivity contribution is 0.102. The van der Waals surface area contributed by atoms with Gasteiger partial charge in [0.1, 0.15) is 16.4 Å². The molecule has 2 aromatic carbocycles. The molecule has 21 heavy (non-hydrogen) atoms. The fourth-order valence-corrected chi connectivity index (χ4v) is 3.52. The van der Waals surface area contributed by atoms with Crippen molar-refractivity contribution in [1.29, 1.82) is 0 Å². The molecule has 0 radical (unpaired) electrons. The van der Waals surface area contributed by atoms with Gasteiger partial charge in [0.15, 0.2) is 15.6 Å². The SMILES string of the molecule is COc1ccccc1S(=O)(=O)CC(=O)c1ccc(Br)cc1. The minimum absolute atomic E-state index is 0.0259. The molecule has 6 heteroatoms. The summed E-state index contributed by atoms with van der Waals surface area (Å²) in [6.45, 7) is 0. The fraction of sp³-hybridized carbons (Fsp3) is 0.133. The number of Topliss-reactive ketones (excluding diaryl/α,β-unsaturated/α-hetero) is 1. The molecule has 2 aromatic rings. The molecule has 0 atom stereocenters. The molecule has 0 aliphatic heterocycles. The van der Waals surface area contributed by atoms with Crippen molar-refractivity contribution in [1.82, 2.24) is 0 Å². The smallest absolute Gasteiger partial charge is 0.189 e. The number of methoxy groups -OCH3 is 1. The van der Waals surface area contributed by atoms with E-state index < -0.39 is 21.4 Å². The van der Waals surface area contributed by atoms with Crippen molar-refractivity contribution in [2.45, 2.75) is 4.90 Å². The lowest BCUT2D eigenvalue weighted by Gasteiger charge is -2.08. The van der Waals surface area contributed by atoms with Crippen molar-refractivity contribution in [2.75, 3.05) is 12.9 Å². The molecule has 0 saturated carbocycles. The van der Waals surface area contributed by atoms with Gasteiger partial charge in [-0.1, -0.05) is 40.2 Å². The minimum Gasteiger partial charge on any atom is -0.495 e. The highest BCUT2D eigenvalue weighted by molar-refractivity contribution is 9.10. The van der Waals surface area contributed by atoms with Crippen molar-refractivity contribution in [3.63, 3.8) is 0 Å². The summed E-state index contributed by atoms with van der Waals surface area (Å²) in [5.41, 5.74) is 0.358. The van der Waals surface area contributed by atoms with Crippen molar-refractivity contribution in [3.8, 4) is 5.75 Å². The van der Waals surface area contributed by atoms with Crippen LogP contribution in [0.2, 0.25) is 0 Å². The molecule has 0 heterocycles. The number of hydrogen-bond acceptors (Lipinski definition) is 4. The van der Waals surface area contributed by atoms with Crippen molar-refractivity contribution >= 4 is 31.6 Å². The third kappa shape index (κ3) is 3.71. The van der Waals surface area contributed by atoms with Gasteiger partial charge in [-0.05, 0) is 24.3 Å². The first-order valence-corrected chi connectivity index (χ1v) is 8.53. The summed E-state index contributed by atoms with van der Waals surface area (Å²) in [5.74, 6) is -0.802. The maximum absolute atomic E-state index is 12.4. The predicted molar refractivity (Wildman–Crippen MR) is 83.5 cm³/mol. The van der Waals surface area contributed by atoms with E-state index in [1.165, 1.54) is 13.2 Å². The van der Waals surface area contributed by atoms with E-state index in [0.29, 0.717) is 5.56 Å². The molecule has 2 rings (SSSR count). The Morgan fingerprint density at radius 2 is 1.71 bits per heavy atom. The van der Waals surface area contributed by atoms with Gasteiger partial charge in [0, 0.05) is 10.0 Å². The lowest BCUT2D eigenvalue weighted by atomic mass is 10.2. The van der Waals surface area contributed by atoms with Gasteiger partial charge >= 0.3 is 0 Å². The zero-order valence-electron chi connectivity index (χ0n) is 11.2. The van der Waals surface area contributed by atoms with Crippen LogP contribution in [0.1, 0.15) is 10.4 Å². The highest BCUT2D eigenvalue weighted by Crippen LogP contribution is 2.24. The Bertz CT molecular complexity index is 751. The number of hydrogen-bond donors (Lipinski definition) is 0. The van der Waals surface area contributed by atoms with Gasteiger partial charge < -0.3 is 4.74 Å². The van der Waals surface area contributed by atoms with Crippen LogP contribution >= 0.6 is 15.9 Å². The molecule has 0 bridgehead atoms. The van der Waals surface area contributed by atoms with Crippen molar-refractivity contribution in [3.05, 3.63) is 58.6 Å². The number of rotatable bonds is 5. The van der Waals surface area contributed by atoms with Gasteiger partial charge in [-0.15, -0.1) is 0 Å². The molecule has 0 saturated heterocycles. The van der Waals surface area contributed by atoms with Gasteiger partial charge in [-0.3, -0.25) is 4.79 Å². The van der Waals surface area contributed by atoms with Gasteiger partial charge in [0.2, 0.25) is 0 Å². The second kappa shape index (κ2) is 6.41. The maximum Gasteiger partial charge on any atom is 0.189 e. The second-order valence-corrected chi connectivity index (χ2v) is 7.21. The van der Waals surface area contributed by atoms with Crippen LogP contribution in [0.4, 0.5) is 0 Å². The Kier molecular flexibility index (Phi) is 4.80. The lowest BCUT2D eigenvalue weighted by Crippen LogP contribution is -2.17. The van der Waals surface area contributed by atoms with E-state index in [1.54, 1.807) is 42.5 Å². The molecule has 0 aliphatic rings. The van der Waals surface area contributed by atoms with Crippen LogP contribution in [-0.2, 0) is 9.84 Å². The third-order valence-corrected chi connectivity index (χ3v) is 5.07. The Labute approximate surface area is 131 Å². The van der Waals surface area contributed by atoms with Crippen LogP contribution in [0.15, 0.2) is 57.9 Å². The number of para-hydroxylation sites is 1. The van der Waals surface area contributed by atoms with Crippen LogP contribution in [0.25, 0.3) is 0 Å². The molecule has 0 fully saturated rings. The standard InChI is InChI=1S/C15H13BrO4S/c1-20-14-4-2-3-5-15(14)21(18,19)10-13(17)11-6-8-12(16)9-7-11/h2-9H,10H2,1H3. The van der Waals surface area contributed by atoms with Crippen LogP contribution < -0.4 is 4.74 Å². The Morgan fingerprint density at radius 3 is 2.33 bits per heavy atom. The summed E-state index contributed by atoms with van der Waals surface area (Å²) >= 11 is 3.27. The third-order valence-electron chi connectivity index (χ3n) is 2.89. The summed E-state index contributed by atoms with van der Waals surface area (Å²) in [7, 11) is -2.35. The van der Waals surface area contributed by atoms with E-state index in [9.17, 15) is 13.2 Å². The van der Waals surface area contributed by atoms with Gasteiger partial charge in [-0.25, -0.2) is 8.42 Å². The monoisotopic (exact) mass is 368 g/mol.